The van der Waals surface area contributed by atoms with E-state index >= 15 is 0 Å². The number of benzene rings is 1. The molecule has 2 aromatic heterocycles. The van der Waals surface area contributed by atoms with E-state index in [2.05, 4.69) is 32.6 Å². The van der Waals surface area contributed by atoms with Crippen molar-refractivity contribution >= 4 is 5.69 Å². The summed E-state index contributed by atoms with van der Waals surface area (Å²) in [5.41, 5.74) is 4.41. The Kier molecular flexibility index (Phi) is 2.70. The van der Waals surface area contributed by atoms with Gasteiger partial charge in [0.2, 0.25) is 11.7 Å². The summed E-state index contributed by atoms with van der Waals surface area (Å²) in [6.45, 7) is 2.01. The minimum absolute atomic E-state index is 0.0422. The summed E-state index contributed by atoms with van der Waals surface area (Å²) in [6, 6.07) is 10.2. The highest BCUT2D eigenvalue weighted by molar-refractivity contribution is 5.59. The molecule has 0 fully saturated rings. The van der Waals surface area contributed by atoms with Crippen LogP contribution in [0, 0.1) is 6.92 Å². The zero-order valence-corrected chi connectivity index (χ0v) is 11.6. The normalized spacial score (nSPS) is 16.5. The Hall–Kier alpha value is -2.69. The van der Waals surface area contributed by atoms with Gasteiger partial charge in [-0.3, -0.25) is 4.98 Å². The summed E-state index contributed by atoms with van der Waals surface area (Å²) in [4.78, 5) is 8.65. The number of nitrogens with zero attached hydrogens (tertiary/aromatic N) is 3. The molecule has 1 aromatic carbocycles. The van der Waals surface area contributed by atoms with Gasteiger partial charge in [-0.2, -0.15) is 4.98 Å². The molecule has 0 spiro atoms. The van der Waals surface area contributed by atoms with E-state index in [0.29, 0.717) is 11.7 Å². The molecule has 1 atom stereocenters. The average molecular weight is 278 g/mol. The molecule has 0 aliphatic carbocycles. The van der Waals surface area contributed by atoms with Gasteiger partial charge in [-0.05, 0) is 30.2 Å². The van der Waals surface area contributed by atoms with Crippen molar-refractivity contribution < 1.29 is 4.52 Å². The number of para-hydroxylation sites is 1. The molecule has 3 aromatic rings. The van der Waals surface area contributed by atoms with Gasteiger partial charge < -0.3 is 9.84 Å². The van der Waals surface area contributed by atoms with Crippen molar-refractivity contribution in [2.45, 2.75) is 19.4 Å². The highest BCUT2D eigenvalue weighted by atomic mass is 16.5. The Labute approximate surface area is 122 Å². The van der Waals surface area contributed by atoms with Crippen molar-refractivity contribution in [3.8, 4) is 11.4 Å². The molecule has 5 nitrogen and oxygen atoms in total. The minimum Gasteiger partial charge on any atom is -0.373 e. The maximum atomic E-state index is 5.44. The molecule has 0 unspecified atom stereocenters. The van der Waals surface area contributed by atoms with E-state index in [0.717, 1.165) is 23.2 Å². The smallest absolute Gasteiger partial charge is 0.249 e. The van der Waals surface area contributed by atoms with Crippen LogP contribution in [0.4, 0.5) is 5.69 Å². The predicted molar refractivity (Wildman–Crippen MR) is 78.8 cm³/mol. The molecule has 104 valence electrons. The van der Waals surface area contributed by atoms with Gasteiger partial charge in [0, 0.05) is 30.1 Å². The summed E-state index contributed by atoms with van der Waals surface area (Å²) < 4.78 is 5.44. The first-order valence-corrected chi connectivity index (χ1v) is 6.90. The number of hydrogen-bond acceptors (Lipinski definition) is 5. The molecular weight excluding hydrogens is 264 g/mol. The quantitative estimate of drug-likeness (QED) is 0.780. The first kappa shape index (κ1) is 12.1. The lowest BCUT2D eigenvalue weighted by Crippen LogP contribution is -2.05. The van der Waals surface area contributed by atoms with Crippen LogP contribution in [0.3, 0.4) is 0 Å². The maximum Gasteiger partial charge on any atom is 0.249 e. The fourth-order valence-corrected chi connectivity index (χ4v) is 2.63. The number of fused-ring (bicyclic) bond motifs is 1. The molecule has 1 aliphatic heterocycles. The van der Waals surface area contributed by atoms with Crippen LogP contribution in [-0.4, -0.2) is 15.1 Å². The fraction of sp³-hybridized carbons (Fsp3) is 0.188. The van der Waals surface area contributed by atoms with Gasteiger partial charge in [0.15, 0.2) is 0 Å². The number of rotatable bonds is 2. The zero-order valence-electron chi connectivity index (χ0n) is 11.6. The van der Waals surface area contributed by atoms with Crippen LogP contribution in [-0.2, 0) is 6.42 Å². The Balaban J connectivity index is 1.63. The van der Waals surface area contributed by atoms with Crippen LogP contribution in [0.5, 0.6) is 0 Å². The van der Waals surface area contributed by atoms with Gasteiger partial charge in [0.05, 0.1) is 0 Å². The summed E-state index contributed by atoms with van der Waals surface area (Å²) in [5, 5.41) is 7.51. The largest absolute Gasteiger partial charge is 0.373 e. The molecule has 5 heteroatoms. The summed E-state index contributed by atoms with van der Waals surface area (Å²) in [6.07, 6.45) is 4.39. The molecule has 21 heavy (non-hydrogen) atoms. The molecule has 0 saturated carbocycles. The van der Waals surface area contributed by atoms with Gasteiger partial charge in [0.25, 0.3) is 0 Å². The van der Waals surface area contributed by atoms with Crippen LogP contribution >= 0.6 is 0 Å². The lowest BCUT2D eigenvalue weighted by molar-refractivity contribution is 0.364. The second-order valence-electron chi connectivity index (χ2n) is 5.21. The summed E-state index contributed by atoms with van der Waals surface area (Å²) in [5.74, 6) is 1.21. The van der Waals surface area contributed by atoms with E-state index in [1.807, 2.05) is 25.1 Å². The van der Waals surface area contributed by atoms with Crippen molar-refractivity contribution in [2.75, 3.05) is 5.32 Å². The molecule has 0 saturated heterocycles. The number of hydrogen-bond donors (Lipinski definition) is 1. The number of aromatic nitrogens is 3. The molecule has 4 rings (SSSR count). The second-order valence-corrected chi connectivity index (χ2v) is 5.21. The van der Waals surface area contributed by atoms with Crippen LogP contribution < -0.4 is 5.32 Å². The fourth-order valence-electron chi connectivity index (χ4n) is 2.63. The van der Waals surface area contributed by atoms with Crippen molar-refractivity contribution in [3.63, 3.8) is 0 Å². The molecule has 0 amide bonds. The lowest BCUT2D eigenvalue weighted by Gasteiger charge is -2.04. The third-order valence-corrected chi connectivity index (χ3v) is 3.79. The topological polar surface area (TPSA) is 63.8 Å². The molecule has 3 heterocycles. The Morgan fingerprint density at radius 2 is 2.14 bits per heavy atom. The van der Waals surface area contributed by atoms with Gasteiger partial charge in [-0.1, -0.05) is 23.4 Å². The van der Waals surface area contributed by atoms with Crippen LogP contribution in [0.2, 0.25) is 0 Å². The van der Waals surface area contributed by atoms with Gasteiger partial charge in [-0.15, -0.1) is 0 Å². The van der Waals surface area contributed by atoms with E-state index < -0.39 is 0 Å². The first-order chi connectivity index (χ1) is 10.3. The summed E-state index contributed by atoms with van der Waals surface area (Å²) in [7, 11) is 0. The minimum atomic E-state index is 0.0422. The predicted octanol–water partition coefficient (Wildman–Crippen LogP) is 3.15. The van der Waals surface area contributed by atoms with Crippen molar-refractivity contribution in [1.29, 1.82) is 0 Å². The SMILES string of the molecule is Cc1ccncc1-c1noc([C@@H]2Cc3ccccc3N2)n1. The highest BCUT2D eigenvalue weighted by Gasteiger charge is 2.26. The highest BCUT2D eigenvalue weighted by Crippen LogP contribution is 2.33. The Morgan fingerprint density at radius 1 is 1.24 bits per heavy atom. The van der Waals surface area contributed by atoms with Crippen molar-refractivity contribution in [1.82, 2.24) is 15.1 Å². The van der Waals surface area contributed by atoms with Crippen LogP contribution in [0.1, 0.15) is 23.1 Å². The third kappa shape index (κ3) is 2.07. The third-order valence-electron chi connectivity index (χ3n) is 3.79. The standard InChI is InChI=1S/C16H14N4O/c1-10-6-7-17-9-12(10)15-19-16(21-20-15)14-8-11-4-2-3-5-13(11)18-14/h2-7,9,14,18H,8H2,1H3/t14-/m0/s1. The maximum absolute atomic E-state index is 5.44. The molecular formula is C16H14N4O. The number of pyridine rings is 1. The van der Waals surface area contributed by atoms with E-state index in [9.17, 15) is 0 Å². The van der Waals surface area contributed by atoms with Crippen LogP contribution in [0.15, 0.2) is 47.2 Å². The van der Waals surface area contributed by atoms with E-state index in [4.69, 9.17) is 4.52 Å². The van der Waals surface area contributed by atoms with E-state index in [1.165, 1.54) is 5.56 Å². The average Bonchev–Trinajstić information content (AvgIpc) is 3.14. The van der Waals surface area contributed by atoms with Crippen molar-refractivity contribution in [3.05, 3.63) is 59.7 Å². The second kappa shape index (κ2) is 4.70. The summed E-state index contributed by atoms with van der Waals surface area (Å²) >= 11 is 0. The zero-order chi connectivity index (χ0) is 14.2. The monoisotopic (exact) mass is 278 g/mol. The molecule has 0 radical (unpaired) electrons. The molecule has 0 bridgehead atoms. The number of nitrogens with one attached hydrogen (secondary N) is 1. The Morgan fingerprint density at radius 3 is 3.00 bits per heavy atom. The molecule has 1 N–H and O–H groups in total. The molecule has 1 aliphatic rings. The van der Waals surface area contributed by atoms with Crippen LogP contribution in [0.25, 0.3) is 11.4 Å². The van der Waals surface area contributed by atoms with E-state index in [1.54, 1.807) is 12.4 Å². The number of aryl methyl sites for hydroxylation is 1. The van der Waals surface area contributed by atoms with Gasteiger partial charge in [-0.25, -0.2) is 0 Å². The Bertz CT molecular complexity index is 771. The number of anilines is 1. The van der Waals surface area contributed by atoms with Gasteiger partial charge in [0.1, 0.15) is 6.04 Å². The van der Waals surface area contributed by atoms with Gasteiger partial charge >= 0.3 is 0 Å². The van der Waals surface area contributed by atoms with Crippen molar-refractivity contribution in [2.24, 2.45) is 0 Å². The lowest BCUT2D eigenvalue weighted by atomic mass is 10.1. The van der Waals surface area contributed by atoms with E-state index in [-0.39, 0.29) is 6.04 Å². The first-order valence-electron chi connectivity index (χ1n) is 6.90.